The molecule has 0 aliphatic heterocycles. The van der Waals surface area contributed by atoms with E-state index in [4.69, 9.17) is 9.47 Å². The second-order valence-corrected chi connectivity index (χ2v) is 8.42. The number of aryl methyl sites for hydroxylation is 1. The summed E-state index contributed by atoms with van der Waals surface area (Å²) in [7, 11) is 0.739. The molecular formula is C23H34IN3O3S. The van der Waals surface area contributed by atoms with Crippen LogP contribution in [-0.4, -0.2) is 49.3 Å². The molecule has 0 aromatic heterocycles. The van der Waals surface area contributed by atoms with E-state index < -0.39 is 10.8 Å². The molecule has 0 aliphatic rings. The molecule has 0 radical (unpaired) electrons. The molecular weight excluding hydrogens is 525 g/mol. The Morgan fingerprint density at radius 1 is 1.10 bits per heavy atom. The maximum atomic E-state index is 12.3. The minimum atomic E-state index is -0.920. The summed E-state index contributed by atoms with van der Waals surface area (Å²) < 4.78 is 23.2. The fourth-order valence-corrected chi connectivity index (χ4v) is 3.82. The second kappa shape index (κ2) is 16.0. The van der Waals surface area contributed by atoms with Crippen LogP contribution in [0.1, 0.15) is 23.6 Å². The summed E-state index contributed by atoms with van der Waals surface area (Å²) in [6.45, 7) is 6.95. The molecule has 6 nitrogen and oxygen atoms in total. The Balaban J connectivity index is 0.00000480. The minimum absolute atomic E-state index is 0. The Morgan fingerprint density at radius 2 is 1.87 bits per heavy atom. The normalized spacial score (nSPS) is 12.0. The molecule has 0 saturated carbocycles. The topological polar surface area (TPSA) is 72.0 Å². The molecule has 31 heavy (non-hydrogen) atoms. The lowest BCUT2D eigenvalue weighted by atomic mass is 10.1. The predicted octanol–water partition coefficient (Wildman–Crippen LogP) is 3.64. The van der Waals surface area contributed by atoms with Crippen LogP contribution in [0.3, 0.4) is 0 Å². The van der Waals surface area contributed by atoms with Gasteiger partial charge in [-0.2, -0.15) is 0 Å². The number of guanidine groups is 1. The summed E-state index contributed by atoms with van der Waals surface area (Å²) in [5, 5.41) is 6.51. The van der Waals surface area contributed by atoms with Gasteiger partial charge in [0.25, 0.3) is 0 Å². The highest BCUT2D eigenvalue weighted by atomic mass is 127. The van der Waals surface area contributed by atoms with Gasteiger partial charge >= 0.3 is 0 Å². The number of hydrogen-bond acceptors (Lipinski definition) is 4. The van der Waals surface area contributed by atoms with E-state index in [1.807, 2.05) is 56.3 Å². The second-order valence-electron chi connectivity index (χ2n) is 6.85. The molecule has 2 N–H and O–H groups in total. The molecule has 8 heteroatoms. The molecule has 0 amide bonds. The molecule has 0 saturated heterocycles. The Morgan fingerprint density at radius 3 is 2.58 bits per heavy atom. The van der Waals surface area contributed by atoms with Gasteiger partial charge < -0.3 is 20.1 Å². The van der Waals surface area contributed by atoms with Crippen LogP contribution in [0.5, 0.6) is 5.75 Å². The number of benzene rings is 2. The Hall–Kier alpha value is -1.65. The molecule has 2 rings (SSSR count). The maximum Gasteiger partial charge on any atom is 0.191 e. The average molecular weight is 560 g/mol. The molecule has 1 atom stereocenters. The highest BCUT2D eigenvalue weighted by Gasteiger charge is 2.06. The smallest absolute Gasteiger partial charge is 0.191 e. The van der Waals surface area contributed by atoms with E-state index in [2.05, 4.69) is 21.7 Å². The standard InChI is InChI=1S/C23H33N3O3S.HI/c1-4-24-23(25-12-15-30(27)18-20-8-6-5-7-9-20)26-17-21-11-10-19(2)16-22(21)29-14-13-28-3;/h5-11,16H,4,12-15,17-18H2,1-3H3,(H2,24,25,26);1H. The van der Waals surface area contributed by atoms with E-state index in [9.17, 15) is 4.21 Å². The van der Waals surface area contributed by atoms with Gasteiger partial charge in [-0.15, -0.1) is 24.0 Å². The first-order valence-electron chi connectivity index (χ1n) is 10.2. The first-order chi connectivity index (χ1) is 14.6. The van der Waals surface area contributed by atoms with Gasteiger partial charge in [-0.3, -0.25) is 4.21 Å². The van der Waals surface area contributed by atoms with E-state index in [1.54, 1.807) is 7.11 Å². The fourth-order valence-electron chi connectivity index (χ4n) is 2.78. The van der Waals surface area contributed by atoms with Crippen LogP contribution in [0.15, 0.2) is 53.5 Å². The molecule has 0 spiro atoms. The summed E-state index contributed by atoms with van der Waals surface area (Å²) in [4.78, 5) is 4.67. The zero-order valence-corrected chi connectivity index (χ0v) is 21.7. The summed E-state index contributed by atoms with van der Waals surface area (Å²) in [6, 6.07) is 16.0. The van der Waals surface area contributed by atoms with E-state index >= 15 is 0 Å². The van der Waals surface area contributed by atoms with Crippen molar-refractivity contribution in [3.05, 3.63) is 65.2 Å². The number of methoxy groups -OCH3 is 1. The van der Waals surface area contributed by atoms with Gasteiger partial charge in [-0.05, 0) is 31.0 Å². The lowest BCUT2D eigenvalue weighted by molar-refractivity contribution is 0.146. The third-order valence-electron chi connectivity index (χ3n) is 4.31. The summed E-state index contributed by atoms with van der Waals surface area (Å²) >= 11 is 0. The SMILES string of the molecule is CCNC(=NCc1ccc(C)cc1OCCOC)NCCS(=O)Cc1ccccc1.I. The quantitative estimate of drug-likeness (QED) is 0.180. The Bertz CT molecular complexity index is 819. The number of nitrogens with one attached hydrogen (secondary N) is 2. The van der Waals surface area contributed by atoms with Crippen molar-refractivity contribution < 1.29 is 13.7 Å². The van der Waals surface area contributed by atoms with Crippen LogP contribution in [0.4, 0.5) is 0 Å². The van der Waals surface area contributed by atoms with Gasteiger partial charge in [-0.25, -0.2) is 4.99 Å². The molecule has 0 fully saturated rings. The fraction of sp³-hybridized carbons (Fsp3) is 0.435. The van der Waals surface area contributed by atoms with Gasteiger partial charge in [0, 0.05) is 48.1 Å². The first kappa shape index (κ1) is 27.4. The average Bonchev–Trinajstić information content (AvgIpc) is 2.74. The Kier molecular flexibility index (Phi) is 14.2. The first-order valence-corrected chi connectivity index (χ1v) is 11.7. The predicted molar refractivity (Wildman–Crippen MR) is 140 cm³/mol. The van der Waals surface area contributed by atoms with Crippen molar-refractivity contribution in [1.82, 2.24) is 10.6 Å². The van der Waals surface area contributed by atoms with Crippen LogP contribution < -0.4 is 15.4 Å². The van der Waals surface area contributed by atoms with Crippen LogP contribution in [-0.2, 0) is 27.8 Å². The van der Waals surface area contributed by atoms with Crippen molar-refractivity contribution in [3.8, 4) is 5.75 Å². The molecule has 0 heterocycles. The van der Waals surface area contributed by atoms with Crippen LogP contribution in [0, 0.1) is 6.92 Å². The van der Waals surface area contributed by atoms with E-state index in [1.165, 1.54) is 0 Å². The summed E-state index contributed by atoms with van der Waals surface area (Å²) in [5.74, 6) is 2.67. The van der Waals surface area contributed by atoms with Gasteiger partial charge in [-0.1, -0.05) is 42.5 Å². The van der Waals surface area contributed by atoms with Crippen molar-refractivity contribution in [3.63, 3.8) is 0 Å². The number of halogens is 1. The highest BCUT2D eigenvalue weighted by molar-refractivity contribution is 14.0. The minimum Gasteiger partial charge on any atom is -0.491 e. The number of nitrogens with zero attached hydrogens (tertiary/aromatic N) is 1. The zero-order valence-electron chi connectivity index (χ0n) is 18.6. The van der Waals surface area contributed by atoms with Crippen molar-refractivity contribution in [1.29, 1.82) is 0 Å². The third-order valence-corrected chi connectivity index (χ3v) is 5.63. The molecule has 172 valence electrons. The molecule has 2 aromatic carbocycles. The molecule has 0 aliphatic carbocycles. The van der Waals surface area contributed by atoms with Crippen LogP contribution in [0.25, 0.3) is 0 Å². The Labute approximate surface area is 205 Å². The van der Waals surface area contributed by atoms with E-state index in [0.29, 0.717) is 43.8 Å². The summed E-state index contributed by atoms with van der Waals surface area (Å²) in [5.41, 5.74) is 3.25. The van der Waals surface area contributed by atoms with E-state index in [0.717, 1.165) is 29.0 Å². The van der Waals surface area contributed by atoms with Crippen molar-refractivity contribution in [2.45, 2.75) is 26.1 Å². The third kappa shape index (κ3) is 11.0. The van der Waals surface area contributed by atoms with Gasteiger partial charge in [0.05, 0.1) is 13.2 Å². The van der Waals surface area contributed by atoms with Gasteiger partial charge in [0.15, 0.2) is 5.96 Å². The lowest BCUT2D eigenvalue weighted by Crippen LogP contribution is -2.39. The van der Waals surface area contributed by atoms with E-state index in [-0.39, 0.29) is 24.0 Å². The largest absolute Gasteiger partial charge is 0.491 e. The molecule has 0 bridgehead atoms. The van der Waals surface area contributed by atoms with Crippen molar-refractivity contribution >= 4 is 40.7 Å². The van der Waals surface area contributed by atoms with Gasteiger partial charge in [0.1, 0.15) is 12.4 Å². The van der Waals surface area contributed by atoms with Crippen molar-refractivity contribution in [2.24, 2.45) is 4.99 Å². The summed E-state index contributed by atoms with van der Waals surface area (Å²) in [6.07, 6.45) is 0. The number of rotatable bonds is 12. The van der Waals surface area contributed by atoms with Crippen LogP contribution in [0.2, 0.25) is 0 Å². The van der Waals surface area contributed by atoms with Crippen molar-refractivity contribution in [2.75, 3.05) is 39.2 Å². The number of aliphatic imine (C=N–C) groups is 1. The monoisotopic (exact) mass is 559 g/mol. The molecule has 2 aromatic rings. The molecule has 1 unspecified atom stereocenters. The zero-order chi connectivity index (χ0) is 21.6. The highest BCUT2D eigenvalue weighted by Crippen LogP contribution is 2.21. The van der Waals surface area contributed by atoms with Crippen LogP contribution >= 0.6 is 24.0 Å². The van der Waals surface area contributed by atoms with Gasteiger partial charge in [0.2, 0.25) is 0 Å². The number of hydrogen-bond donors (Lipinski definition) is 2. The lowest BCUT2D eigenvalue weighted by Gasteiger charge is -2.13. The number of ether oxygens (including phenoxy) is 2. The maximum absolute atomic E-state index is 12.3.